The van der Waals surface area contributed by atoms with Gasteiger partial charge in [0.2, 0.25) is 0 Å². The largest absolute Gasteiger partial charge is 0.504 e. The van der Waals surface area contributed by atoms with Crippen LogP contribution < -0.4 is 9.47 Å². The van der Waals surface area contributed by atoms with Crippen LogP contribution in [0.3, 0.4) is 0 Å². The molecule has 0 aromatic heterocycles. The Bertz CT molecular complexity index is 618. The molecule has 2 N–H and O–H groups in total. The fourth-order valence-electron chi connectivity index (χ4n) is 2.03. The first-order valence-electron chi connectivity index (χ1n) is 7.49. The molecule has 4 nitrogen and oxygen atoms in total. The molecule has 24 heavy (non-hydrogen) atoms. The third kappa shape index (κ3) is 5.72. The summed E-state index contributed by atoms with van der Waals surface area (Å²) in [5, 5.41) is 18.5. The Hall–Kier alpha value is -2.88. The summed E-state index contributed by atoms with van der Waals surface area (Å²) < 4.78 is 9.90. The summed E-state index contributed by atoms with van der Waals surface area (Å²) in [6, 6.07) is 10.5. The Kier molecular flexibility index (Phi) is 7.99. The van der Waals surface area contributed by atoms with E-state index in [4.69, 9.17) is 9.47 Å². The molecule has 2 rings (SSSR count). The molecule has 0 spiro atoms. The van der Waals surface area contributed by atoms with Gasteiger partial charge in [0, 0.05) is 0 Å². The average Bonchev–Trinajstić information content (AvgIpc) is 2.59. The minimum atomic E-state index is 0.172. The Labute approximate surface area is 143 Å². The number of hydrogen-bond acceptors (Lipinski definition) is 4. The first-order chi connectivity index (χ1) is 11.5. The maximum Gasteiger partial charge on any atom is 0.160 e. The van der Waals surface area contributed by atoms with E-state index in [-0.39, 0.29) is 11.5 Å². The Morgan fingerprint density at radius 2 is 1.17 bits per heavy atom. The van der Waals surface area contributed by atoms with Crippen LogP contribution in [-0.4, -0.2) is 24.4 Å². The number of phenolic OH excluding ortho intramolecular Hbond substituents is 2. The zero-order valence-corrected chi connectivity index (χ0v) is 14.2. The molecule has 0 aliphatic carbocycles. The van der Waals surface area contributed by atoms with Gasteiger partial charge in [0.15, 0.2) is 23.0 Å². The lowest BCUT2D eigenvalue weighted by Gasteiger charge is -2.04. The Balaban J connectivity index is 0.000000240. The highest BCUT2D eigenvalue weighted by atomic mass is 16.5. The highest BCUT2D eigenvalue weighted by molar-refractivity contribution is 5.42. The smallest absolute Gasteiger partial charge is 0.160 e. The second-order valence-electron chi connectivity index (χ2n) is 5.00. The van der Waals surface area contributed by atoms with Gasteiger partial charge in [-0.1, -0.05) is 24.3 Å². The van der Waals surface area contributed by atoms with Gasteiger partial charge in [0.25, 0.3) is 0 Å². The van der Waals surface area contributed by atoms with Gasteiger partial charge in [-0.15, -0.1) is 13.2 Å². The minimum Gasteiger partial charge on any atom is -0.504 e. The predicted octanol–water partition coefficient (Wildman–Crippen LogP) is 4.26. The minimum absolute atomic E-state index is 0.172. The van der Waals surface area contributed by atoms with Gasteiger partial charge in [-0.05, 0) is 48.2 Å². The number of phenols is 2. The number of methoxy groups -OCH3 is 2. The van der Waals surface area contributed by atoms with Crippen LogP contribution in [0, 0.1) is 0 Å². The lowest BCUT2D eigenvalue weighted by Crippen LogP contribution is -1.86. The van der Waals surface area contributed by atoms with Gasteiger partial charge in [0.05, 0.1) is 14.2 Å². The van der Waals surface area contributed by atoms with Crippen molar-refractivity contribution >= 4 is 0 Å². The first kappa shape index (κ1) is 19.2. The van der Waals surface area contributed by atoms with E-state index in [1.165, 1.54) is 14.2 Å². The summed E-state index contributed by atoms with van der Waals surface area (Å²) in [6.07, 6.45) is 5.20. The van der Waals surface area contributed by atoms with Crippen molar-refractivity contribution in [3.05, 3.63) is 72.8 Å². The molecule has 0 fully saturated rings. The molecular formula is C20H24O4. The molecule has 0 saturated carbocycles. The second-order valence-corrected chi connectivity index (χ2v) is 5.00. The van der Waals surface area contributed by atoms with Gasteiger partial charge < -0.3 is 19.7 Å². The molecular weight excluding hydrogens is 304 g/mol. The molecule has 0 radical (unpaired) electrons. The van der Waals surface area contributed by atoms with Crippen molar-refractivity contribution in [2.24, 2.45) is 0 Å². The van der Waals surface area contributed by atoms with Crippen molar-refractivity contribution in [1.29, 1.82) is 0 Å². The zero-order valence-electron chi connectivity index (χ0n) is 14.2. The van der Waals surface area contributed by atoms with Gasteiger partial charge in [-0.3, -0.25) is 0 Å². The Morgan fingerprint density at radius 1 is 0.792 bits per heavy atom. The van der Waals surface area contributed by atoms with Crippen LogP contribution in [0.2, 0.25) is 0 Å². The van der Waals surface area contributed by atoms with Crippen LogP contribution in [0.1, 0.15) is 11.1 Å². The zero-order chi connectivity index (χ0) is 17.9. The van der Waals surface area contributed by atoms with Gasteiger partial charge in [-0.25, -0.2) is 0 Å². The topological polar surface area (TPSA) is 58.9 Å². The maximum absolute atomic E-state index is 9.25. The van der Waals surface area contributed by atoms with Crippen molar-refractivity contribution < 1.29 is 19.7 Å². The molecule has 4 heteroatoms. The van der Waals surface area contributed by atoms with E-state index < -0.39 is 0 Å². The highest BCUT2D eigenvalue weighted by Crippen LogP contribution is 2.27. The fourth-order valence-corrected chi connectivity index (χ4v) is 2.03. The third-order valence-corrected chi connectivity index (χ3v) is 3.25. The maximum atomic E-state index is 9.25. The summed E-state index contributed by atoms with van der Waals surface area (Å²) in [6.45, 7) is 7.26. The molecule has 0 aliphatic heterocycles. The van der Waals surface area contributed by atoms with E-state index in [0.29, 0.717) is 11.5 Å². The monoisotopic (exact) mass is 328 g/mol. The summed E-state index contributed by atoms with van der Waals surface area (Å²) in [5.74, 6) is 1.36. The molecule has 0 atom stereocenters. The number of benzene rings is 2. The van der Waals surface area contributed by atoms with Crippen LogP contribution in [0.25, 0.3) is 0 Å². The Morgan fingerprint density at radius 3 is 1.46 bits per heavy atom. The number of aromatic hydroxyl groups is 2. The normalized spacial score (nSPS) is 9.42. The number of allylic oxidation sites excluding steroid dienone is 2. The molecule has 128 valence electrons. The van der Waals surface area contributed by atoms with Gasteiger partial charge in [0.1, 0.15) is 0 Å². The van der Waals surface area contributed by atoms with Crippen LogP contribution in [0.15, 0.2) is 61.7 Å². The van der Waals surface area contributed by atoms with Crippen LogP contribution >= 0.6 is 0 Å². The van der Waals surface area contributed by atoms with E-state index in [2.05, 4.69) is 13.2 Å². The van der Waals surface area contributed by atoms with Gasteiger partial charge >= 0.3 is 0 Å². The molecule has 0 bridgehead atoms. The van der Waals surface area contributed by atoms with Crippen molar-refractivity contribution in [3.8, 4) is 23.0 Å². The first-order valence-corrected chi connectivity index (χ1v) is 7.49. The van der Waals surface area contributed by atoms with E-state index in [9.17, 15) is 10.2 Å². The van der Waals surface area contributed by atoms with Crippen molar-refractivity contribution in [2.75, 3.05) is 14.2 Å². The molecule has 0 heterocycles. The summed E-state index contributed by atoms with van der Waals surface area (Å²) in [5.41, 5.74) is 2.17. The summed E-state index contributed by atoms with van der Waals surface area (Å²) in [7, 11) is 3.07. The SMILES string of the molecule is C=CCc1ccc(O)c(OC)c1.C=CCc1ccc(O)c(OC)c1. The van der Waals surface area contributed by atoms with E-state index >= 15 is 0 Å². The summed E-state index contributed by atoms with van der Waals surface area (Å²) in [4.78, 5) is 0. The van der Waals surface area contributed by atoms with Crippen molar-refractivity contribution in [1.82, 2.24) is 0 Å². The molecule has 0 saturated heterocycles. The number of ether oxygens (including phenoxy) is 2. The van der Waals surface area contributed by atoms with Crippen molar-refractivity contribution in [3.63, 3.8) is 0 Å². The molecule has 2 aromatic rings. The lowest BCUT2D eigenvalue weighted by molar-refractivity contribution is 0.373. The van der Waals surface area contributed by atoms with Crippen LogP contribution in [0.4, 0.5) is 0 Å². The molecule has 2 aromatic carbocycles. The standard InChI is InChI=1S/2C10H12O2/c2*1-3-4-8-5-6-9(11)10(7-8)12-2/h2*3,5-7,11H,1,4H2,2H3. The van der Waals surface area contributed by atoms with Crippen LogP contribution in [-0.2, 0) is 12.8 Å². The van der Waals surface area contributed by atoms with E-state index in [1.807, 2.05) is 24.3 Å². The molecule has 0 amide bonds. The molecule has 0 aliphatic rings. The van der Waals surface area contributed by atoms with Crippen molar-refractivity contribution in [2.45, 2.75) is 12.8 Å². The summed E-state index contributed by atoms with van der Waals surface area (Å²) >= 11 is 0. The van der Waals surface area contributed by atoms with E-state index in [0.717, 1.165) is 24.0 Å². The lowest BCUT2D eigenvalue weighted by atomic mass is 10.1. The van der Waals surface area contributed by atoms with Gasteiger partial charge in [-0.2, -0.15) is 0 Å². The fraction of sp³-hybridized carbons (Fsp3) is 0.200. The van der Waals surface area contributed by atoms with Crippen LogP contribution in [0.5, 0.6) is 23.0 Å². The average molecular weight is 328 g/mol. The highest BCUT2D eigenvalue weighted by Gasteiger charge is 2.01. The second kappa shape index (κ2) is 10.0. The number of rotatable bonds is 6. The quantitative estimate of drug-likeness (QED) is 0.778. The predicted molar refractivity (Wildman–Crippen MR) is 97.1 cm³/mol. The van der Waals surface area contributed by atoms with E-state index in [1.54, 1.807) is 24.3 Å². The third-order valence-electron chi connectivity index (χ3n) is 3.25. The molecule has 0 unspecified atom stereocenters. The number of hydrogen-bond donors (Lipinski definition) is 2.